The number of hydrogen-bond acceptors (Lipinski definition) is 3. The molecule has 1 aromatic heterocycles. The minimum absolute atomic E-state index is 0. The normalized spacial score (nSPS) is 12.4. The number of aromatic nitrogens is 1. The molecular formula is C49H40Ir2N3-3. The molecule has 3 nitrogen and oxygen atoms in total. The topological polar surface area (TPSA) is 19.4 Å². The van der Waals surface area contributed by atoms with Crippen LogP contribution in [0.5, 0.6) is 0 Å². The summed E-state index contributed by atoms with van der Waals surface area (Å²) in [5.41, 5.74) is 19.4. The first-order chi connectivity index (χ1) is 25.3. The Balaban J connectivity index is 0.00000249. The Kier molecular flexibility index (Phi) is 12.0. The van der Waals surface area contributed by atoms with E-state index in [0.29, 0.717) is 0 Å². The fourth-order valence-electron chi connectivity index (χ4n) is 7.32. The van der Waals surface area contributed by atoms with Crippen LogP contribution in [0, 0.1) is 39.6 Å². The molecule has 5 heteroatoms. The summed E-state index contributed by atoms with van der Waals surface area (Å²) in [6, 6.07) is 56.7. The maximum atomic E-state index is 4.84. The third-order valence-corrected chi connectivity index (χ3v) is 10.0. The largest absolute Gasteiger partial charge is 0.497 e. The van der Waals surface area contributed by atoms with Crippen LogP contribution in [0.2, 0.25) is 0 Å². The predicted octanol–water partition coefficient (Wildman–Crippen LogP) is 12.6. The predicted molar refractivity (Wildman–Crippen MR) is 217 cm³/mol. The molecule has 0 atom stereocenters. The summed E-state index contributed by atoms with van der Waals surface area (Å²) < 4.78 is 0. The third kappa shape index (κ3) is 7.69. The maximum Gasteiger partial charge on any atom is 0.0713 e. The van der Waals surface area contributed by atoms with E-state index in [1.807, 2.05) is 12.3 Å². The summed E-state index contributed by atoms with van der Waals surface area (Å²) >= 11 is 0. The molecule has 272 valence electrons. The Labute approximate surface area is 347 Å². The number of rotatable bonds is 7. The molecule has 0 N–H and O–H groups in total. The van der Waals surface area contributed by atoms with Crippen molar-refractivity contribution in [2.75, 3.05) is 9.80 Å². The second-order valence-electron chi connectivity index (χ2n) is 13.7. The molecule has 0 amide bonds. The zero-order chi connectivity index (χ0) is 35.8. The van der Waals surface area contributed by atoms with Crippen LogP contribution >= 0.6 is 0 Å². The zero-order valence-corrected chi connectivity index (χ0v) is 35.7. The van der Waals surface area contributed by atoms with E-state index < -0.39 is 0 Å². The van der Waals surface area contributed by atoms with E-state index in [-0.39, 0.29) is 40.2 Å². The van der Waals surface area contributed by atoms with Gasteiger partial charge in [0.1, 0.15) is 0 Å². The van der Waals surface area contributed by atoms with Crippen LogP contribution in [-0.2, 0) is 40.2 Å². The van der Waals surface area contributed by atoms with Gasteiger partial charge in [-0.2, -0.15) is 18.2 Å². The molecule has 0 aliphatic carbocycles. The van der Waals surface area contributed by atoms with Crippen molar-refractivity contribution in [2.45, 2.75) is 34.6 Å². The van der Waals surface area contributed by atoms with E-state index in [1.54, 1.807) is 0 Å². The first-order valence-corrected chi connectivity index (χ1v) is 17.8. The molecule has 6 aromatic carbocycles. The molecule has 0 bridgehead atoms. The van der Waals surface area contributed by atoms with Crippen LogP contribution in [0.1, 0.15) is 30.5 Å². The monoisotopic (exact) mass is 1060 g/mol. The number of para-hydroxylation sites is 1. The SMILES string of the molecule is CC1=C(C)N(c2ccccc2)[CH-]N1c1[c-]cc(-c2cccc(-c3c[c-]c(-c4cnc(-c5ccccc5)c(C)c4)cc3)c2-c2cc(C)cc(C)c2)cc1.[Ir].[Ir]. The average molecular weight is 1060 g/mol. The first kappa shape index (κ1) is 38.8. The molecule has 0 spiro atoms. The van der Waals surface area contributed by atoms with Crippen LogP contribution in [-0.4, -0.2) is 4.98 Å². The Morgan fingerprint density at radius 3 is 1.72 bits per heavy atom. The maximum absolute atomic E-state index is 4.84. The molecule has 1 aliphatic heterocycles. The van der Waals surface area contributed by atoms with Crippen molar-refractivity contribution in [1.29, 1.82) is 0 Å². The molecule has 0 saturated heterocycles. The van der Waals surface area contributed by atoms with E-state index in [0.717, 1.165) is 50.4 Å². The molecule has 0 saturated carbocycles. The standard InChI is InChI=1S/C49H40N3.2Ir/c1-33-27-34(2)29-42(28-33)48-46(39-21-19-38(20-22-39)43-30-35(3)49(50-31-43)41-13-8-6-9-14-41)17-12-18-47(48)40-23-25-45(26-24-40)52-32-51(36(4)37(52)5)44-15-10-7-11-16-44;;/h6-19,21-25,27-32H,1-5H3;;/q-3;;. The van der Waals surface area contributed by atoms with Gasteiger partial charge in [-0.3, -0.25) is 4.98 Å². The van der Waals surface area contributed by atoms with E-state index in [9.17, 15) is 0 Å². The summed E-state index contributed by atoms with van der Waals surface area (Å²) in [5, 5.41) is 0. The number of aryl methyl sites for hydroxylation is 3. The molecule has 7 aromatic rings. The smallest absolute Gasteiger partial charge is 0.0713 e. The van der Waals surface area contributed by atoms with E-state index >= 15 is 0 Å². The number of allylic oxidation sites excluding steroid dienone is 2. The van der Waals surface area contributed by atoms with Gasteiger partial charge in [0.25, 0.3) is 0 Å². The minimum atomic E-state index is 0. The van der Waals surface area contributed by atoms with Gasteiger partial charge in [-0.1, -0.05) is 124 Å². The first-order valence-electron chi connectivity index (χ1n) is 17.8. The Bertz CT molecular complexity index is 2400. The van der Waals surface area contributed by atoms with Gasteiger partial charge in [0, 0.05) is 62.9 Å². The number of benzene rings is 6. The van der Waals surface area contributed by atoms with Crippen molar-refractivity contribution >= 4 is 11.4 Å². The van der Waals surface area contributed by atoms with Gasteiger partial charge in [-0.25, -0.2) is 0 Å². The summed E-state index contributed by atoms with van der Waals surface area (Å²) in [4.78, 5) is 9.30. The fourth-order valence-corrected chi connectivity index (χ4v) is 7.32. The summed E-state index contributed by atoms with van der Waals surface area (Å²) in [6.07, 6.45) is 1.96. The van der Waals surface area contributed by atoms with Gasteiger partial charge in [-0.05, 0) is 69.6 Å². The van der Waals surface area contributed by atoms with E-state index in [1.165, 1.54) is 44.8 Å². The minimum Gasteiger partial charge on any atom is -0.497 e. The van der Waals surface area contributed by atoms with Crippen LogP contribution in [0.25, 0.3) is 55.8 Å². The number of anilines is 2. The van der Waals surface area contributed by atoms with Gasteiger partial charge in [-0.15, -0.1) is 53.8 Å². The van der Waals surface area contributed by atoms with E-state index in [4.69, 9.17) is 4.98 Å². The average Bonchev–Trinajstić information content (AvgIpc) is 3.48. The zero-order valence-electron chi connectivity index (χ0n) is 30.9. The van der Waals surface area contributed by atoms with Crippen LogP contribution in [0.15, 0.2) is 157 Å². The van der Waals surface area contributed by atoms with Gasteiger partial charge in [0.05, 0.1) is 5.69 Å². The van der Waals surface area contributed by atoms with Crippen molar-refractivity contribution in [3.05, 3.63) is 193 Å². The summed E-state index contributed by atoms with van der Waals surface area (Å²) in [5.74, 6) is 0. The van der Waals surface area contributed by atoms with Crippen LogP contribution in [0.4, 0.5) is 11.4 Å². The van der Waals surface area contributed by atoms with Gasteiger partial charge in [0.15, 0.2) is 0 Å². The molecule has 2 heterocycles. The van der Waals surface area contributed by atoms with Gasteiger partial charge >= 0.3 is 0 Å². The van der Waals surface area contributed by atoms with Crippen LogP contribution in [0.3, 0.4) is 0 Å². The molecular weight excluding hydrogens is 1010 g/mol. The van der Waals surface area contributed by atoms with Crippen molar-refractivity contribution in [1.82, 2.24) is 4.98 Å². The van der Waals surface area contributed by atoms with Crippen molar-refractivity contribution in [3.63, 3.8) is 0 Å². The molecule has 54 heavy (non-hydrogen) atoms. The van der Waals surface area contributed by atoms with E-state index in [2.05, 4.69) is 197 Å². The molecule has 0 fully saturated rings. The fraction of sp³-hybridized carbons (Fsp3) is 0.102. The van der Waals surface area contributed by atoms with Gasteiger partial charge < -0.3 is 9.80 Å². The molecule has 2 radical (unpaired) electrons. The molecule has 8 rings (SSSR count). The Morgan fingerprint density at radius 2 is 1.13 bits per heavy atom. The Morgan fingerprint density at radius 1 is 0.519 bits per heavy atom. The summed E-state index contributed by atoms with van der Waals surface area (Å²) in [6.45, 7) is 13.0. The number of hydrogen-bond donors (Lipinski definition) is 0. The summed E-state index contributed by atoms with van der Waals surface area (Å²) in [7, 11) is 0. The molecule has 1 aliphatic rings. The quantitative estimate of drug-likeness (QED) is 0.148. The molecule has 0 unspecified atom stereocenters. The van der Waals surface area contributed by atoms with Crippen molar-refractivity contribution in [3.8, 4) is 55.8 Å². The second kappa shape index (κ2) is 16.6. The van der Waals surface area contributed by atoms with Crippen LogP contribution < -0.4 is 9.80 Å². The number of pyridine rings is 1. The van der Waals surface area contributed by atoms with Gasteiger partial charge in [0.2, 0.25) is 0 Å². The second-order valence-corrected chi connectivity index (χ2v) is 13.7. The van der Waals surface area contributed by atoms with Crippen molar-refractivity contribution in [2.24, 2.45) is 0 Å². The van der Waals surface area contributed by atoms with Crippen molar-refractivity contribution < 1.29 is 40.2 Å². The Hall–Kier alpha value is -4.89. The number of nitrogens with zero attached hydrogens (tertiary/aromatic N) is 3. The third-order valence-electron chi connectivity index (χ3n) is 10.0.